The first-order valence-corrected chi connectivity index (χ1v) is 7.75. The number of hydrogen-bond donors (Lipinski definition) is 1. The van der Waals surface area contributed by atoms with E-state index in [2.05, 4.69) is 29.4 Å². The summed E-state index contributed by atoms with van der Waals surface area (Å²) in [6, 6.07) is 16.0. The maximum Gasteiger partial charge on any atom is 0.252 e. The van der Waals surface area contributed by atoms with Gasteiger partial charge in [0.25, 0.3) is 5.91 Å². The minimum atomic E-state index is -0.0633. The first kappa shape index (κ1) is 15.2. The van der Waals surface area contributed by atoms with E-state index in [-0.39, 0.29) is 5.91 Å². The summed E-state index contributed by atoms with van der Waals surface area (Å²) in [5.41, 5.74) is 5.82. The molecule has 2 aromatic carbocycles. The minimum Gasteiger partial charge on any atom is -0.348 e. The molecule has 3 rings (SSSR count). The fourth-order valence-electron chi connectivity index (χ4n) is 2.64. The van der Waals surface area contributed by atoms with Gasteiger partial charge in [-0.1, -0.05) is 41.5 Å². The second-order valence-corrected chi connectivity index (χ2v) is 6.00. The third-order valence-electron chi connectivity index (χ3n) is 3.91. The highest BCUT2D eigenvalue weighted by Crippen LogP contribution is 2.20. The van der Waals surface area contributed by atoms with Crippen LogP contribution < -0.4 is 5.32 Å². The van der Waals surface area contributed by atoms with Crippen LogP contribution in [0.2, 0.25) is 0 Å². The van der Waals surface area contributed by atoms with Crippen molar-refractivity contribution in [3.05, 3.63) is 76.5 Å². The Labute approximate surface area is 136 Å². The lowest BCUT2D eigenvalue weighted by Crippen LogP contribution is -2.23. The molecule has 116 valence electrons. The Balaban J connectivity index is 1.88. The summed E-state index contributed by atoms with van der Waals surface area (Å²) in [4.78, 5) is 17.1. The fraction of sp³-hybridized carbons (Fsp3) is 0.200. The molecule has 1 heterocycles. The van der Waals surface area contributed by atoms with Crippen molar-refractivity contribution in [3.8, 4) is 0 Å². The van der Waals surface area contributed by atoms with E-state index in [1.807, 2.05) is 50.2 Å². The number of carbonyl (C=O) groups is 1. The maximum atomic E-state index is 12.6. The summed E-state index contributed by atoms with van der Waals surface area (Å²) in [5.74, 6) is -0.0633. The van der Waals surface area contributed by atoms with Crippen LogP contribution in [-0.4, -0.2) is 10.9 Å². The third kappa shape index (κ3) is 3.39. The standard InChI is InChI=1S/C20H20N2O/c1-13-4-7-16(8-5-13)12-21-20(23)18-11-15(3)22-19-9-6-14(2)10-17(18)19/h4-11H,12H2,1-3H3,(H,21,23). The van der Waals surface area contributed by atoms with E-state index < -0.39 is 0 Å². The Morgan fingerprint density at radius 1 is 0.957 bits per heavy atom. The number of hydrogen-bond acceptors (Lipinski definition) is 2. The number of nitrogens with one attached hydrogen (secondary N) is 1. The largest absolute Gasteiger partial charge is 0.348 e. The predicted molar refractivity (Wildman–Crippen MR) is 93.6 cm³/mol. The molecular formula is C20H20N2O. The predicted octanol–water partition coefficient (Wildman–Crippen LogP) is 4.09. The molecule has 0 bridgehead atoms. The van der Waals surface area contributed by atoms with E-state index in [0.717, 1.165) is 27.7 Å². The van der Waals surface area contributed by atoms with Gasteiger partial charge >= 0.3 is 0 Å². The molecule has 0 saturated carbocycles. The summed E-state index contributed by atoms with van der Waals surface area (Å²) in [6.45, 7) is 6.51. The summed E-state index contributed by atoms with van der Waals surface area (Å²) >= 11 is 0. The van der Waals surface area contributed by atoms with Gasteiger partial charge in [-0.25, -0.2) is 0 Å². The van der Waals surface area contributed by atoms with Crippen molar-refractivity contribution < 1.29 is 4.79 Å². The lowest BCUT2D eigenvalue weighted by Gasteiger charge is -2.10. The maximum absolute atomic E-state index is 12.6. The molecule has 0 radical (unpaired) electrons. The van der Waals surface area contributed by atoms with E-state index in [0.29, 0.717) is 12.1 Å². The van der Waals surface area contributed by atoms with Crippen molar-refractivity contribution in [2.24, 2.45) is 0 Å². The van der Waals surface area contributed by atoms with E-state index in [1.165, 1.54) is 5.56 Å². The van der Waals surface area contributed by atoms with Crippen LogP contribution in [0, 0.1) is 20.8 Å². The van der Waals surface area contributed by atoms with Crippen LogP contribution in [0.4, 0.5) is 0 Å². The molecule has 0 aliphatic rings. The Bertz CT molecular complexity index is 867. The number of benzene rings is 2. The van der Waals surface area contributed by atoms with Crippen molar-refractivity contribution in [2.45, 2.75) is 27.3 Å². The second kappa shape index (κ2) is 6.21. The van der Waals surface area contributed by atoms with Crippen molar-refractivity contribution in [3.63, 3.8) is 0 Å². The van der Waals surface area contributed by atoms with Gasteiger partial charge in [0.2, 0.25) is 0 Å². The van der Waals surface area contributed by atoms with E-state index in [9.17, 15) is 4.79 Å². The number of nitrogens with zero attached hydrogens (tertiary/aromatic N) is 1. The zero-order valence-electron chi connectivity index (χ0n) is 13.7. The highest BCUT2D eigenvalue weighted by Gasteiger charge is 2.12. The lowest BCUT2D eigenvalue weighted by molar-refractivity contribution is 0.0952. The molecule has 0 aliphatic carbocycles. The Morgan fingerprint density at radius 2 is 1.65 bits per heavy atom. The third-order valence-corrected chi connectivity index (χ3v) is 3.91. The van der Waals surface area contributed by atoms with Crippen LogP contribution in [0.25, 0.3) is 10.9 Å². The fourth-order valence-corrected chi connectivity index (χ4v) is 2.64. The molecule has 3 heteroatoms. The molecule has 0 fully saturated rings. The Morgan fingerprint density at radius 3 is 2.39 bits per heavy atom. The van der Waals surface area contributed by atoms with Crippen LogP contribution in [0.1, 0.15) is 32.7 Å². The molecule has 1 amide bonds. The number of fused-ring (bicyclic) bond motifs is 1. The quantitative estimate of drug-likeness (QED) is 0.792. The second-order valence-electron chi connectivity index (χ2n) is 6.00. The molecule has 3 nitrogen and oxygen atoms in total. The summed E-state index contributed by atoms with van der Waals surface area (Å²) in [7, 11) is 0. The van der Waals surface area contributed by atoms with Crippen LogP contribution >= 0.6 is 0 Å². The average molecular weight is 304 g/mol. The van der Waals surface area contributed by atoms with Crippen molar-refractivity contribution >= 4 is 16.8 Å². The van der Waals surface area contributed by atoms with E-state index >= 15 is 0 Å². The van der Waals surface area contributed by atoms with Crippen LogP contribution in [0.15, 0.2) is 48.5 Å². The zero-order valence-corrected chi connectivity index (χ0v) is 13.7. The number of amides is 1. The molecule has 0 spiro atoms. The average Bonchev–Trinajstić information content (AvgIpc) is 2.53. The first-order chi connectivity index (χ1) is 11.0. The van der Waals surface area contributed by atoms with E-state index in [4.69, 9.17) is 0 Å². The number of carbonyl (C=O) groups excluding carboxylic acids is 1. The summed E-state index contributed by atoms with van der Waals surface area (Å²) in [5, 5.41) is 3.91. The molecule has 1 N–H and O–H groups in total. The summed E-state index contributed by atoms with van der Waals surface area (Å²) in [6.07, 6.45) is 0. The molecule has 0 atom stereocenters. The van der Waals surface area contributed by atoms with Crippen molar-refractivity contribution in [2.75, 3.05) is 0 Å². The molecule has 0 saturated heterocycles. The van der Waals surface area contributed by atoms with Gasteiger partial charge in [0.15, 0.2) is 0 Å². The minimum absolute atomic E-state index is 0.0633. The Kier molecular flexibility index (Phi) is 4.11. The number of aryl methyl sites for hydroxylation is 3. The van der Waals surface area contributed by atoms with Gasteiger partial charge in [0.05, 0.1) is 11.1 Å². The Hall–Kier alpha value is -2.68. The molecular weight excluding hydrogens is 284 g/mol. The summed E-state index contributed by atoms with van der Waals surface area (Å²) < 4.78 is 0. The van der Waals surface area contributed by atoms with Crippen LogP contribution in [-0.2, 0) is 6.54 Å². The molecule has 1 aromatic heterocycles. The monoisotopic (exact) mass is 304 g/mol. The molecule has 0 aliphatic heterocycles. The van der Waals surface area contributed by atoms with Gasteiger partial charge in [0.1, 0.15) is 0 Å². The normalized spacial score (nSPS) is 10.7. The number of aromatic nitrogens is 1. The molecule has 23 heavy (non-hydrogen) atoms. The smallest absolute Gasteiger partial charge is 0.252 e. The van der Waals surface area contributed by atoms with Gasteiger partial charge in [-0.2, -0.15) is 0 Å². The van der Waals surface area contributed by atoms with Crippen molar-refractivity contribution in [1.29, 1.82) is 0 Å². The molecule has 3 aromatic rings. The number of rotatable bonds is 3. The first-order valence-electron chi connectivity index (χ1n) is 7.75. The lowest BCUT2D eigenvalue weighted by atomic mass is 10.0. The molecule has 0 unspecified atom stereocenters. The van der Waals surface area contributed by atoms with Gasteiger partial charge in [-0.15, -0.1) is 0 Å². The SMILES string of the molecule is Cc1ccc(CNC(=O)c2cc(C)nc3ccc(C)cc23)cc1. The van der Waals surface area contributed by atoms with Crippen molar-refractivity contribution in [1.82, 2.24) is 10.3 Å². The van der Waals surface area contributed by atoms with Gasteiger partial charge in [-0.3, -0.25) is 9.78 Å². The zero-order chi connectivity index (χ0) is 16.4. The number of pyridine rings is 1. The topological polar surface area (TPSA) is 42.0 Å². The highest BCUT2D eigenvalue weighted by molar-refractivity contribution is 6.06. The highest BCUT2D eigenvalue weighted by atomic mass is 16.1. The van der Waals surface area contributed by atoms with Gasteiger partial charge < -0.3 is 5.32 Å². The van der Waals surface area contributed by atoms with Gasteiger partial charge in [-0.05, 0) is 44.5 Å². The van der Waals surface area contributed by atoms with E-state index in [1.54, 1.807) is 0 Å². The van der Waals surface area contributed by atoms with Gasteiger partial charge in [0, 0.05) is 17.6 Å². The van der Waals surface area contributed by atoms with Crippen LogP contribution in [0.5, 0.6) is 0 Å². The van der Waals surface area contributed by atoms with Crippen LogP contribution in [0.3, 0.4) is 0 Å².